The van der Waals surface area contributed by atoms with Gasteiger partial charge in [-0.2, -0.15) is 0 Å². The zero-order chi connectivity index (χ0) is 24.7. The van der Waals surface area contributed by atoms with Gasteiger partial charge in [0.15, 0.2) is 20.7 Å². The molecule has 9 nitrogen and oxygen atoms in total. The maximum atomic E-state index is 13.1. The van der Waals surface area contributed by atoms with E-state index in [-0.39, 0.29) is 21.4 Å². The summed E-state index contributed by atoms with van der Waals surface area (Å²) in [4.78, 5) is 29.7. The van der Waals surface area contributed by atoms with Crippen LogP contribution in [0.5, 0.6) is 0 Å². The Hall–Kier alpha value is -2.50. The highest BCUT2D eigenvalue weighted by Crippen LogP contribution is 2.29. The monoisotopic (exact) mass is 509 g/mol. The molecule has 1 heterocycles. The van der Waals surface area contributed by atoms with Crippen LogP contribution in [0.15, 0.2) is 34.7 Å². The molecule has 1 fully saturated rings. The van der Waals surface area contributed by atoms with E-state index in [4.69, 9.17) is 9.84 Å². The Kier molecular flexibility index (Phi) is 9.03. The van der Waals surface area contributed by atoms with Crippen molar-refractivity contribution in [1.82, 2.24) is 9.88 Å². The third kappa shape index (κ3) is 7.25. The van der Waals surface area contributed by atoms with E-state index in [2.05, 4.69) is 17.2 Å². The molecule has 2 aromatic rings. The molecular weight excluding hydrogens is 478 g/mol. The van der Waals surface area contributed by atoms with Gasteiger partial charge in [-0.15, -0.1) is 0 Å². The van der Waals surface area contributed by atoms with Crippen molar-refractivity contribution in [2.45, 2.75) is 56.4 Å². The molecule has 0 saturated heterocycles. The second-order valence-electron chi connectivity index (χ2n) is 8.65. The maximum absolute atomic E-state index is 13.1. The second-order valence-corrected chi connectivity index (χ2v) is 11.9. The summed E-state index contributed by atoms with van der Waals surface area (Å²) < 4.78 is 29.9. The Morgan fingerprint density at radius 3 is 2.62 bits per heavy atom. The molecule has 11 heteroatoms. The van der Waals surface area contributed by atoms with Crippen molar-refractivity contribution in [3.05, 3.63) is 41.6 Å². The number of carboxylic acids is 1. The zero-order valence-corrected chi connectivity index (χ0v) is 21.0. The molecular formula is C23H31N3O6S2. The predicted octanol–water partition coefficient (Wildman–Crippen LogP) is 3.94. The van der Waals surface area contributed by atoms with Gasteiger partial charge in [0.05, 0.1) is 19.4 Å². The second kappa shape index (κ2) is 11.8. The van der Waals surface area contributed by atoms with Crippen molar-refractivity contribution in [2.24, 2.45) is 5.92 Å². The summed E-state index contributed by atoms with van der Waals surface area (Å²) in [7, 11) is -4.00. The van der Waals surface area contributed by atoms with E-state index < -0.39 is 21.6 Å². The Bertz CT molecular complexity index is 1090. The number of benzene rings is 1. The van der Waals surface area contributed by atoms with Crippen molar-refractivity contribution in [2.75, 3.05) is 24.2 Å². The van der Waals surface area contributed by atoms with Crippen LogP contribution >= 0.6 is 11.3 Å². The number of thiazole rings is 1. The molecule has 2 N–H and O–H groups in total. The van der Waals surface area contributed by atoms with Crippen LogP contribution in [0.25, 0.3) is 0 Å². The Labute approximate surface area is 204 Å². The highest BCUT2D eigenvalue weighted by Gasteiger charge is 2.29. The van der Waals surface area contributed by atoms with Gasteiger partial charge in [-0.3, -0.25) is 10.1 Å². The summed E-state index contributed by atoms with van der Waals surface area (Å²) in [5.74, 6) is -1.84. The van der Waals surface area contributed by atoms with Gasteiger partial charge in [-0.05, 0) is 49.7 Å². The van der Waals surface area contributed by atoms with Crippen LogP contribution in [-0.4, -0.2) is 60.4 Å². The largest absolute Gasteiger partial charge is 0.480 e. The molecule has 1 aromatic carbocycles. The number of amides is 2. The Morgan fingerprint density at radius 1 is 1.24 bits per heavy atom. The fourth-order valence-electron chi connectivity index (χ4n) is 3.98. The van der Waals surface area contributed by atoms with Crippen LogP contribution in [0.4, 0.5) is 9.93 Å². The first-order valence-corrected chi connectivity index (χ1v) is 13.7. The lowest BCUT2D eigenvalue weighted by atomic mass is 9.86. The number of ether oxygens (including phenoxy) is 1. The van der Waals surface area contributed by atoms with Gasteiger partial charge in [0.25, 0.3) is 0 Å². The van der Waals surface area contributed by atoms with Gasteiger partial charge in [0.2, 0.25) is 0 Å². The van der Waals surface area contributed by atoms with E-state index in [1.165, 1.54) is 0 Å². The molecule has 0 radical (unpaired) electrons. The molecule has 0 spiro atoms. The molecule has 2 amide bonds. The van der Waals surface area contributed by atoms with E-state index in [1.807, 2.05) is 31.2 Å². The summed E-state index contributed by atoms with van der Waals surface area (Å²) >= 11 is 0.750. The average Bonchev–Trinajstić information content (AvgIpc) is 3.24. The first-order chi connectivity index (χ1) is 16.2. The molecule has 1 aromatic heterocycles. The molecule has 34 heavy (non-hydrogen) atoms. The summed E-state index contributed by atoms with van der Waals surface area (Å²) in [6, 6.07) is 7.69. The number of carboxylic acid groups (broad SMARTS) is 1. The van der Waals surface area contributed by atoms with Crippen LogP contribution in [0.1, 0.15) is 43.7 Å². The number of aryl methyl sites for hydroxylation is 1. The number of nitrogens with one attached hydrogen (secondary N) is 1. The number of aromatic nitrogens is 1. The van der Waals surface area contributed by atoms with Gasteiger partial charge in [-0.25, -0.2) is 18.2 Å². The zero-order valence-electron chi connectivity index (χ0n) is 19.4. The SMILES string of the molecule is Cc1ccccc1COCCN(C(=O)Nc1ncc(S(=O)(=O)CC(=O)O)s1)[C@H]1CC[C@H](C)CC1. The van der Waals surface area contributed by atoms with E-state index in [1.54, 1.807) is 4.90 Å². The van der Waals surface area contributed by atoms with Crippen molar-refractivity contribution in [1.29, 1.82) is 0 Å². The Balaban J connectivity index is 1.64. The van der Waals surface area contributed by atoms with Crippen LogP contribution in [-0.2, 0) is 26.0 Å². The topological polar surface area (TPSA) is 126 Å². The van der Waals surface area contributed by atoms with Gasteiger partial charge < -0.3 is 14.7 Å². The molecule has 1 aliphatic rings. The number of urea groups is 1. The minimum absolute atomic E-state index is 0.0634. The standard InChI is InChI=1S/C23H31N3O6S2/c1-16-7-9-19(10-8-16)26(11-12-32-14-18-6-4-3-5-17(18)2)23(29)25-22-24-13-21(33-22)34(30,31)15-20(27)28/h3-6,13,16,19H,7-12,14-15H2,1-2H3,(H,27,28)(H,24,25,29)/t16-,19-. The molecule has 1 saturated carbocycles. The molecule has 0 unspecified atom stereocenters. The summed E-state index contributed by atoms with van der Waals surface area (Å²) in [6.45, 7) is 5.46. The fourth-order valence-corrected chi connectivity index (χ4v) is 6.12. The summed E-state index contributed by atoms with van der Waals surface area (Å²) in [6.07, 6.45) is 4.93. The van der Waals surface area contributed by atoms with Gasteiger partial charge in [0.1, 0.15) is 4.21 Å². The van der Waals surface area contributed by atoms with Gasteiger partial charge in [-0.1, -0.05) is 42.5 Å². The molecule has 1 aliphatic carbocycles. The highest BCUT2D eigenvalue weighted by atomic mass is 32.2. The van der Waals surface area contributed by atoms with Crippen molar-refractivity contribution >= 4 is 38.3 Å². The number of anilines is 1. The van der Waals surface area contributed by atoms with E-state index in [0.29, 0.717) is 25.7 Å². The number of rotatable bonds is 10. The normalized spacial score (nSPS) is 18.4. The van der Waals surface area contributed by atoms with Crippen LogP contribution in [0.3, 0.4) is 0 Å². The number of carbonyl (C=O) groups excluding carboxylic acids is 1. The lowest BCUT2D eigenvalue weighted by molar-refractivity contribution is -0.134. The summed E-state index contributed by atoms with van der Waals surface area (Å²) in [5.41, 5.74) is 2.25. The minimum Gasteiger partial charge on any atom is -0.480 e. The first-order valence-electron chi connectivity index (χ1n) is 11.3. The minimum atomic E-state index is -4.00. The number of carbonyl (C=O) groups is 2. The van der Waals surface area contributed by atoms with Crippen LogP contribution in [0.2, 0.25) is 0 Å². The third-order valence-electron chi connectivity index (χ3n) is 6.00. The van der Waals surface area contributed by atoms with E-state index in [9.17, 15) is 18.0 Å². The van der Waals surface area contributed by atoms with Crippen LogP contribution in [0, 0.1) is 12.8 Å². The quantitative estimate of drug-likeness (QED) is 0.465. The average molecular weight is 510 g/mol. The van der Waals surface area contributed by atoms with Gasteiger partial charge in [0, 0.05) is 12.6 Å². The number of aliphatic carboxylic acids is 1. The molecule has 0 bridgehead atoms. The van der Waals surface area contributed by atoms with Crippen molar-refractivity contribution in [3.63, 3.8) is 0 Å². The molecule has 3 rings (SSSR count). The number of nitrogens with zero attached hydrogens (tertiary/aromatic N) is 2. The molecule has 0 atom stereocenters. The number of hydrogen-bond donors (Lipinski definition) is 2. The first kappa shape index (κ1) is 26.1. The third-order valence-corrected chi connectivity index (χ3v) is 9.07. The number of hydrogen-bond acceptors (Lipinski definition) is 7. The fraction of sp³-hybridized carbons (Fsp3) is 0.522. The lowest BCUT2D eigenvalue weighted by Crippen LogP contribution is -2.46. The maximum Gasteiger partial charge on any atom is 0.323 e. The smallest absolute Gasteiger partial charge is 0.323 e. The number of sulfone groups is 1. The molecule has 186 valence electrons. The van der Waals surface area contributed by atoms with Crippen molar-refractivity contribution in [3.8, 4) is 0 Å². The lowest BCUT2D eigenvalue weighted by Gasteiger charge is -2.36. The van der Waals surface area contributed by atoms with Crippen molar-refractivity contribution < 1.29 is 27.9 Å². The molecule has 0 aliphatic heterocycles. The highest BCUT2D eigenvalue weighted by molar-refractivity contribution is 7.94. The van der Waals surface area contributed by atoms with E-state index in [0.717, 1.165) is 54.3 Å². The van der Waals surface area contributed by atoms with Gasteiger partial charge >= 0.3 is 12.0 Å². The summed E-state index contributed by atoms with van der Waals surface area (Å²) in [5, 5.41) is 11.6. The predicted molar refractivity (Wildman–Crippen MR) is 130 cm³/mol. The van der Waals surface area contributed by atoms with E-state index >= 15 is 0 Å². The Morgan fingerprint density at radius 2 is 1.94 bits per heavy atom. The van der Waals surface area contributed by atoms with Crippen LogP contribution < -0.4 is 5.32 Å².